The van der Waals surface area contributed by atoms with Crippen LogP contribution >= 0.6 is 7.60 Å². The van der Waals surface area contributed by atoms with Crippen molar-refractivity contribution < 1.29 is 18.7 Å². The molecule has 28 heavy (non-hydrogen) atoms. The molecule has 0 saturated heterocycles. The lowest BCUT2D eigenvalue weighted by Crippen LogP contribution is -2.37. The average Bonchev–Trinajstić information content (AvgIpc) is 2.64. The van der Waals surface area contributed by atoms with E-state index in [-0.39, 0.29) is 43.4 Å². The zero-order chi connectivity index (χ0) is 21.2. The molecular formula is C16H31N6O5P. The van der Waals surface area contributed by atoms with Crippen molar-refractivity contribution in [1.29, 1.82) is 0 Å². The van der Waals surface area contributed by atoms with Gasteiger partial charge < -0.3 is 30.5 Å². The number of rotatable bonds is 14. The van der Waals surface area contributed by atoms with E-state index in [2.05, 4.69) is 16.5 Å². The maximum atomic E-state index is 12.6. The second kappa shape index (κ2) is 11.8. The summed E-state index contributed by atoms with van der Waals surface area (Å²) in [7, 11) is -3.18. The molecular weight excluding hydrogens is 387 g/mol. The minimum atomic E-state index is -3.18. The highest BCUT2D eigenvalue weighted by Crippen LogP contribution is 2.47. The summed E-state index contributed by atoms with van der Waals surface area (Å²) in [5.74, 6) is 0.150. The van der Waals surface area contributed by atoms with Crippen LogP contribution in [-0.4, -0.2) is 72.1 Å². The zero-order valence-corrected chi connectivity index (χ0v) is 17.4. The second-order valence-electron chi connectivity index (χ2n) is 5.80. The van der Waals surface area contributed by atoms with Crippen LogP contribution in [0.15, 0.2) is 17.6 Å². The lowest BCUT2D eigenvalue weighted by molar-refractivity contribution is 0.192. The number of aliphatic hydroxyl groups is 1. The molecule has 1 aromatic rings. The molecule has 1 heterocycles. The van der Waals surface area contributed by atoms with Gasteiger partial charge in [0.25, 0.3) is 5.56 Å². The molecule has 0 atom stereocenters. The van der Waals surface area contributed by atoms with Gasteiger partial charge in [0, 0.05) is 26.2 Å². The SMILES string of the molecule is C=CN(CCN(CCO)CCP(=O)(OCC)OCC)c1nc(N)[nH]c(=O)c1N. The Hall–Kier alpha value is -1.91. The van der Waals surface area contributed by atoms with Crippen molar-refractivity contribution in [1.82, 2.24) is 14.9 Å². The van der Waals surface area contributed by atoms with Crippen molar-refractivity contribution in [2.45, 2.75) is 13.8 Å². The molecule has 0 aliphatic heterocycles. The van der Waals surface area contributed by atoms with Crippen molar-refractivity contribution in [3.63, 3.8) is 0 Å². The van der Waals surface area contributed by atoms with E-state index in [0.717, 1.165) is 0 Å². The van der Waals surface area contributed by atoms with Crippen molar-refractivity contribution >= 4 is 25.0 Å². The molecule has 0 aliphatic carbocycles. The molecule has 0 unspecified atom stereocenters. The molecule has 0 bridgehead atoms. The Bertz CT molecular complexity index is 718. The summed E-state index contributed by atoms with van der Waals surface area (Å²) in [6, 6.07) is 0. The quantitative estimate of drug-likeness (QED) is 0.312. The summed E-state index contributed by atoms with van der Waals surface area (Å²) in [4.78, 5) is 21.7. The van der Waals surface area contributed by atoms with Crippen LogP contribution in [0.4, 0.5) is 17.5 Å². The maximum absolute atomic E-state index is 12.6. The van der Waals surface area contributed by atoms with Crippen molar-refractivity contribution in [2.24, 2.45) is 0 Å². The maximum Gasteiger partial charge on any atom is 0.331 e. The van der Waals surface area contributed by atoms with E-state index in [1.165, 1.54) is 6.20 Å². The third-order valence-electron chi connectivity index (χ3n) is 3.86. The smallest absolute Gasteiger partial charge is 0.331 e. The summed E-state index contributed by atoms with van der Waals surface area (Å²) in [5.41, 5.74) is 10.8. The number of nitrogens with two attached hydrogens (primary N) is 2. The number of aromatic amines is 1. The van der Waals surface area contributed by atoms with E-state index in [9.17, 15) is 14.5 Å². The Morgan fingerprint density at radius 1 is 1.21 bits per heavy atom. The van der Waals surface area contributed by atoms with E-state index in [1.807, 2.05) is 4.90 Å². The molecule has 0 fully saturated rings. The largest absolute Gasteiger partial charge is 0.395 e. The fourth-order valence-corrected chi connectivity index (χ4v) is 4.19. The van der Waals surface area contributed by atoms with E-state index >= 15 is 0 Å². The number of hydrogen-bond acceptors (Lipinski definition) is 10. The minimum absolute atomic E-state index is 0.0531. The fourth-order valence-electron chi connectivity index (χ4n) is 2.54. The standard InChI is InChI=1S/C16H31N6O5P/c1-4-22(14-13(17)15(24)20-16(18)19-14)8-7-21(9-11-23)10-12-28(25,26-5-2)27-6-3/h4,23H,1,5-12,17H2,2-3H3,(H3,18,19,20,24). The van der Waals surface area contributed by atoms with Gasteiger partial charge in [-0.2, -0.15) is 4.98 Å². The van der Waals surface area contributed by atoms with Gasteiger partial charge in [0.15, 0.2) is 5.82 Å². The van der Waals surface area contributed by atoms with Crippen LogP contribution in [0.2, 0.25) is 0 Å². The number of nitrogens with one attached hydrogen (secondary N) is 1. The van der Waals surface area contributed by atoms with Crippen molar-refractivity contribution in [3.8, 4) is 0 Å². The molecule has 0 radical (unpaired) electrons. The number of nitrogen functional groups attached to an aromatic ring is 2. The van der Waals surface area contributed by atoms with Gasteiger partial charge in [-0.05, 0) is 20.0 Å². The number of nitrogens with zero attached hydrogens (tertiary/aromatic N) is 3. The van der Waals surface area contributed by atoms with E-state index in [0.29, 0.717) is 26.2 Å². The molecule has 0 amide bonds. The number of aliphatic hydroxyl groups excluding tert-OH is 1. The molecule has 12 heteroatoms. The minimum Gasteiger partial charge on any atom is -0.395 e. The predicted octanol–water partition coefficient (Wildman–Crippen LogP) is 0.445. The molecule has 1 aromatic heterocycles. The fraction of sp³-hybridized carbons (Fsp3) is 0.625. The van der Waals surface area contributed by atoms with Crippen molar-refractivity contribution in [3.05, 3.63) is 23.1 Å². The molecule has 0 saturated carbocycles. The highest BCUT2D eigenvalue weighted by Gasteiger charge is 2.24. The molecule has 160 valence electrons. The van der Waals surface area contributed by atoms with Crippen LogP contribution in [0.1, 0.15) is 13.8 Å². The van der Waals surface area contributed by atoms with Crippen LogP contribution in [0, 0.1) is 0 Å². The third-order valence-corrected chi connectivity index (χ3v) is 5.91. The molecule has 11 nitrogen and oxygen atoms in total. The van der Waals surface area contributed by atoms with Gasteiger partial charge in [-0.25, -0.2) is 0 Å². The lowest BCUT2D eigenvalue weighted by Gasteiger charge is -2.27. The van der Waals surface area contributed by atoms with E-state index in [1.54, 1.807) is 18.7 Å². The van der Waals surface area contributed by atoms with Crippen LogP contribution in [-0.2, 0) is 13.6 Å². The Balaban J connectivity index is 2.82. The molecule has 0 aromatic carbocycles. The summed E-state index contributed by atoms with van der Waals surface area (Å²) >= 11 is 0. The second-order valence-corrected chi connectivity index (χ2v) is 7.99. The third kappa shape index (κ3) is 7.25. The van der Waals surface area contributed by atoms with Gasteiger partial charge in [-0.3, -0.25) is 19.2 Å². The Morgan fingerprint density at radius 2 is 1.86 bits per heavy atom. The number of H-pyrrole nitrogens is 1. The highest BCUT2D eigenvalue weighted by atomic mass is 31.2. The van der Waals surface area contributed by atoms with Gasteiger partial charge >= 0.3 is 7.60 Å². The summed E-state index contributed by atoms with van der Waals surface area (Å²) in [6.45, 7) is 9.32. The van der Waals surface area contributed by atoms with Crippen molar-refractivity contribution in [2.75, 3.05) is 68.5 Å². The van der Waals surface area contributed by atoms with Gasteiger partial charge in [0.05, 0.1) is 26.0 Å². The highest BCUT2D eigenvalue weighted by molar-refractivity contribution is 7.53. The predicted molar refractivity (Wildman–Crippen MR) is 110 cm³/mol. The van der Waals surface area contributed by atoms with Gasteiger partial charge in [-0.1, -0.05) is 6.58 Å². The molecule has 1 rings (SSSR count). The molecule has 6 N–H and O–H groups in total. The summed E-state index contributed by atoms with van der Waals surface area (Å²) < 4.78 is 23.2. The van der Waals surface area contributed by atoms with Crippen LogP contribution < -0.4 is 21.9 Å². The first-order valence-electron chi connectivity index (χ1n) is 9.06. The monoisotopic (exact) mass is 418 g/mol. The Labute approximate surface area is 164 Å². The lowest BCUT2D eigenvalue weighted by atomic mass is 10.4. The van der Waals surface area contributed by atoms with Crippen LogP contribution in [0.5, 0.6) is 0 Å². The molecule has 0 spiro atoms. The summed E-state index contributed by atoms with van der Waals surface area (Å²) in [6.07, 6.45) is 1.68. The Kier molecular flexibility index (Phi) is 10.2. The van der Waals surface area contributed by atoms with Gasteiger partial charge in [0.2, 0.25) is 5.95 Å². The average molecular weight is 418 g/mol. The number of aromatic nitrogens is 2. The zero-order valence-electron chi connectivity index (χ0n) is 16.5. The van der Waals surface area contributed by atoms with Gasteiger partial charge in [0.1, 0.15) is 5.69 Å². The van der Waals surface area contributed by atoms with Gasteiger partial charge in [-0.15, -0.1) is 0 Å². The first-order chi connectivity index (χ1) is 13.3. The number of hydrogen-bond donors (Lipinski definition) is 4. The van der Waals surface area contributed by atoms with E-state index < -0.39 is 13.2 Å². The summed E-state index contributed by atoms with van der Waals surface area (Å²) in [5, 5.41) is 9.33. The number of anilines is 3. The Morgan fingerprint density at radius 3 is 2.39 bits per heavy atom. The normalized spacial score (nSPS) is 11.7. The molecule has 0 aliphatic rings. The first kappa shape index (κ1) is 24.1. The van der Waals surface area contributed by atoms with E-state index in [4.69, 9.17) is 20.5 Å². The van der Waals surface area contributed by atoms with Crippen LogP contribution in [0.3, 0.4) is 0 Å². The van der Waals surface area contributed by atoms with Crippen LogP contribution in [0.25, 0.3) is 0 Å². The topological polar surface area (TPSA) is 160 Å². The first-order valence-corrected chi connectivity index (χ1v) is 10.8.